The van der Waals surface area contributed by atoms with Crippen LogP contribution in [-0.2, 0) is 4.79 Å². The average Bonchev–Trinajstić information content (AvgIpc) is 2.74. The van der Waals surface area contributed by atoms with Crippen LogP contribution in [0.3, 0.4) is 0 Å². The first kappa shape index (κ1) is 26.2. The molecule has 0 spiro atoms. The minimum atomic E-state index is -5.05. The van der Waals surface area contributed by atoms with Crippen molar-refractivity contribution in [2.75, 3.05) is 0 Å². The predicted octanol–water partition coefficient (Wildman–Crippen LogP) is 7.85. The largest absolute Gasteiger partial charge is 0.573 e. The summed E-state index contributed by atoms with van der Waals surface area (Å²) in [7, 11) is 0. The first-order chi connectivity index (χ1) is 16.1. The Balaban J connectivity index is 1.62. The van der Waals surface area contributed by atoms with Crippen molar-refractivity contribution in [1.82, 2.24) is 0 Å². The summed E-state index contributed by atoms with van der Waals surface area (Å²) < 4.78 is 89.8. The highest BCUT2D eigenvalue weighted by atomic mass is 19.4. The maximum atomic E-state index is 14.7. The smallest absolute Gasteiger partial charge is 0.426 e. The third kappa shape index (κ3) is 6.79. The number of unbranched alkanes of at least 4 members (excludes halogenated alkanes) is 4. The molecule has 0 N–H and O–H groups in total. The second kappa shape index (κ2) is 11.3. The second-order valence-electron chi connectivity index (χ2n) is 8.83. The first-order valence-electron chi connectivity index (χ1n) is 11.6. The van der Waals surface area contributed by atoms with Crippen molar-refractivity contribution in [3.05, 3.63) is 36.1 Å². The van der Waals surface area contributed by atoms with Gasteiger partial charge in [-0.1, -0.05) is 51.5 Å². The molecule has 1 aliphatic carbocycles. The van der Waals surface area contributed by atoms with Crippen LogP contribution < -0.4 is 9.47 Å². The van der Waals surface area contributed by atoms with E-state index in [1.54, 1.807) is 0 Å². The number of benzene rings is 2. The Morgan fingerprint density at radius 3 is 2.32 bits per heavy atom. The minimum Gasteiger partial charge on any atom is -0.426 e. The number of carbonyl (C=O) groups is 1. The predicted molar refractivity (Wildman–Crippen MR) is 116 cm³/mol. The molecule has 0 aliphatic heterocycles. The van der Waals surface area contributed by atoms with Crippen LogP contribution in [0.4, 0.5) is 26.3 Å². The van der Waals surface area contributed by atoms with E-state index in [1.165, 1.54) is 12.1 Å². The summed E-state index contributed by atoms with van der Waals surface area (Å²) >= 11 is 0. The standard InChI is InChI=1S/C25H28F6O3/c1-2-3-4-5-6-7-15-12-19(26)22(20(27)13-15)24(32)33-17-9-10-18-16(14-17)8-11-21(23(18)28)34-25(29,30)31/h8-11,14-15,19-20,22H,2-7,12-13H2,1H3. The highest BCUT2D eigenvalue weighted by Crippen LogP contribution is 2.38. The van der Waals surface area contributed by atoms with Crippen molar-refractivity contribution >= 4 is 16.7 Å². The molecule has 1 aliphatic rings. The molecule has 0 radical (unpaired) electrons. The summed E-state index contributed by atoms with van der Waals surface area (Å²) in [6.45, 7) is 2.11. The zero-order valence-electron chi connectivity index (χ0n) is 18.8. The van der Waals surface area contributed by atoms with Crippen molar-refractivity contribution in [3.8, 4) is 11.5 Å². The Labute approximate surface area is 194 Å². The van der Waals surface area contributed by atoms with E-state index in [0.29, 0.717) is 0 Å². The number of hydrogen-bond acceptors (Lipinski definition) is 3. The molecule has 34 heavy (non-hydrogen) atoms. The van der Waals surface area contributed by atoms with Gasteiger partial charge < -0.3 is 9.47 Å². The second-order valence-corrected chi connectivity index (χ2v) is 8.83. The lowest BCUT2D eigenvalue weighted by atomic mass is 9.77. The van der Waals surface area contributed by atoms with Gasteiger partial charge in [0.25, 0.3) is 0 Å². The summed E-state index contributed by atoms with van der Waals surface area (Å²) in [6.07, 6.45) is -2.19. The zero-order valence-corrected chi connectivity index (χ0v) is 18.8. The van der Waals surface area contributed by atoms with Gasteiger partial charge in [-0.25, -0.2) is 13.2 Å². The van der Waals surface area contributed by atoms with Gasteiger partial charge in [0.15, 0.2) is 11.6 Å². The molecule has 1 fully saturated rings. The van der Waals surface area contributed by atoms with Crippen LogP contribution in [0.5, 0.6) is 11.5 Å². The highest BCUT2D eigenvalue weighted by molar-refractivity contribution is 5.87. The van der Waals surface area contributed by atoms with Gasteiger partial charge in [-0.3, -0.25) is 4.79 Å². The molecule has 0 heterocycles. The SMILES string of the molecule is CCCCCCCC1CC(F)C(C(=O)Oc2ccc3c(F)c(OC(F)(F)F)ccc3c2)C(F)C1. The van der Waals surface area contributed by atoms with Gasteiger partial charge in [-0.2, -0.15) is 0 Å². The number of esters is 1. The van der Waals surface area contributed by atoms with Crippen LogP contribution in [0.1, 0.15) is 58.3 Å². The number of rotatable bonds is 9. The van der Waals surface area contributed by atoms with Gasteiger partial charge in [-0.05, 0) is 48.4 Å². The lowest BCUT2D eigenvalue weighted by Crippen LogP contribution is -2.42. The molecule has 0 aromatic heterocycles. The normalized spacial score (nSPS) is 23.1. The molecule has 2 atom stereocenters. The fourth-order valence-electron chi connectivity index (χ4n) is 4.52. The third-order valence-corrected chi connectivity index (χ3v) is 6.22. The van der Waals surface area contributed by atoms with Crippen LogP contribution in [0.25, 0.3) is 10.8 Å². The molecule has 1 saturated carbocycles. The topological polar surface area (TPSA) is 35.5 Å². The molecule has 0 saturated heterocycles. The fourth-order valence-corrected chi connectivity index (χ4v) is 4.52. The van der Waals surface area contributed by atoms with Crippen LogP contribution in [0.15, 0.2) is 30.3 Å². The van der Waals surface area contributed by atoms with Crippen molar-refractivity contribution < 1.29 is 40.6 Å². The Hall–Kier alpha value is -2.45. The summed E-state index contributed by atoms with van der Waals surface area (Å²) in [5.41, 5.74) is 0. The van der Waals surface area contributed by atoms with E-state index >= 15 is 0 Å². The van der Waals surface area contributed by atoms with Crippen LogP contribution in [-0.4, -0.2) is 24.7 Å². The Bertz CT molecular complexity index is 965. The summed E-state index contributed by atoms with van der Waals surface area (Å²) in [4.78, 5) is 12.5. The quantitative estimate of drug-likeness (QED) is 0.155. The van der Waals surface area contributed by atoms with E-state index in [0.717, 1.165) is 56.7 Å². The molecule has 3 rings (SSSR count). The Morgan fingerprint density at radius 1 is 1.00 bits per heavy atom. The van der Waals surface area contributed by atoms with Gasteiger partial charge >= 0.3 is 12.3 Å². The van der Waals surface area contributed by atoms with E-state index < -0.39 is 42.2 Å². The molecule has 2 unspecified atom stereocenters. The van der Waals surface area contributed by atoms with E-state index in [1.807, 2.05) is 0 Å². The van der Waals surface area contributed by atoms with E-state index in [-0.39, 0.29) is 35.3 Å². The number of ether oxygens (including phenoxy) is 2. The summed E-state index contributed by atoms with van der Waals surface area (Å²) in [5, 5.41) is -0.0505. The van der Waals surface area contributed by atoms with Crippen LogP contribution in [0, 0.1) is 17.7 Å². The zero-order chi connectivity index (χ0) is 24.9. The number of halogens is 6. The Morgan fingerprint density at radius 2 is 1.68 bits per heavy atom. The Kier molecular flexibility index (Phi) is 8.71. The fraction of sp³-hybridized carbons (Fsp3) is 0.560. The lowest BCUT2D eigenvalue weighted by molar-refractivity contribution is -0.275. The third-order valence-electron chi connectivity index (χ3n) is 6.22. The molecule has 188 valence electrons. The average molecular weight is 490 g/mol. The van der Waals surface area contributed by atoms with Crippen LogP contribution >= 0.6 is 0 Å². The number of alkyl halides is 5. The molecule has 0 amide bonds. The molecular weight excluding hydrogens is 462 g/mol. The van der Waals surface area contributed by atoms with Gasteiger partial charge in [0.2, 0.25) is 0 Å². The van der Waals surface area contributed by atoms with Crippen LogP contribution in [0.2, 0.25) is 0 Å². The van der Waals surface area contributed by atoms with Gasteiger partial charge in [-0.15, -0.1) is 13.2 Å². The first-order valence-corrected chi connectivity index (χ1v) is 11.6. The number of carbonyl (C=O) groups excluding carboxylic acids is 1. The highest BCUT2D eigenvalue weighted by Gasteiger charge is 2.44. The maximum Gasteiger partial charge on any atom is 0.573 e. The summed E-state index contributed by atoms with van der Waals surface area (Å²) in [5.74, 6) is -5.03. The molecule has 0 bridgehead atoms. The number of fused-ring (bicyclic) bond motifs is 1. The van der Waals surface area contributed by atoms with Crippen molar-refractivity contribution in [2.24, 2.45) is 11.8 Å². The molecule has 2 aromatic carbocycles. The summed E-state index contributed by atoms with van der Waals surface area (Å²) in [6, 6.07) is 5.46. The van der Waals surface area contributed by atoms with Crippen molar-refractivity contribution in [3.63, 3.8) is 0 Å². The monoisotopic (exact) mass is 490 g/mol. The molecular formula is C25H28F6O3. The molecule has 2 aromatic rings. The maximum absolute atomic E-state index is 14.7. The van der Waals surface area contributed by atoms with Gasteiger partial charge in [0.05, 0.1) is 0 Å². The minimum absolute atomic E-state index is 0.0844. The van der Waals surface area contributed by atoms with E-state index in [4.69, 9.17) is 4.74 Å². The number of hydrogen-bond donors (Lipinski definition) is 0. The molecule has 3 nitrogen and oxygen atoms in total. The lowest BCUT2D eigenvalue weighted by Gasteiger charge is -2.33. The molecule has 9 heteroatoms. The van der Waals surface area contributed by atoms with Gasteiger partial charge in [0, 0.05) is 5.39 Å². The van der Waals surface area contributed by atoms with Gasteiger partial charge in [0.1, 0.15) is 24.0 Å². The van der Waals surface area contributed by atoms with E-state index in [2.05, 4.69) is 11.7 Å². The van der Waals surface area contributed by atoms with Crippen molar-refractivity contribution in [2.45, 2.75) is 77.0 Å². The van der Waals surface area contributed by atoms with E-state index in [9.17, 15) is 31.1 Å². The van der Waals surface area contributed by atoms with Crippen molar-refractivity contribution in [1.29, 1.82) is 0 Å².